The van der Waals surface area contributed by atoms with E-state index in [4.69, 9.17) is 28.3 Å². The van der Waals surface area contributed by atoms with Crippen LogP contribution in [0.4, 0.5) is 17.2 Å². The van der Waals surface area contributed by atoms with Gasteiger partial charge in [0.2, 0.25) is 0 Å². The molecule has 7 nitrogen and oxygen atoms in total. The van der Waals surface area contributed by atoms with Crippen molar-refractivity contribution in [1.29, 1.82) is 5.41 Å². The molecule has 0 amide bonds. The van der Waals surface area contributed by atoms with E-state index in [0.717, 1.165) is 22.9 Å². The molecular weight excluding hydrogens is 350 g/mol. The zero-order valence-corrected chi connectivity index (χ0v) is 16.0. The average molecular weight is 375 g/mol. The second-order valence-electron chi connectivity index (χ2n) is 6.43. The fourth-order valence-electron chi connectivity index (χ4n) is 2.29. The summed E-state index contributed by atoms with van der Waals surface area (Å²) in [5, 5.41) is 8.92. The van der Waals surface area contributed by atoms with Gasteiger partial charge in [0.1, 0.15) is 11.7 Å². The minimum atomic E-state index is 0.0694. The van der Waals surface area contributed by atoms with Crippen molar-refractivity contribution in [3.63, 3.8) is 0 Å². The molecule has 2 aromatic carbocycles. The van der Waals surface area contributed by atoms with Crippen LogP contribution in [0.15, 0.2) is 48.7 Å². The van der Waals surface area contributed by atoms with E-state index in [2.05, 4.69) is 16.8 Å². The molecule has 9 N–H and O–H groups in total. The summed E-state index contributed by atoms with van der Waals surface area (Å²) in [5.74, 6) is 6.63. The van der Waals surface area contributed by atoms with Gasteiger partial charge >= 0.3 is 0 Å². The Labute approximate surface area is 164 Å². The maximum Gasteiger partial charge on any atom is 0.147 e. The molecule has 0 aliphatic rings. The summed E-state index contributed by atoms with van der Waals surface area (Å²) in [6.07, 6.45) is 1.72. The molecule has 144 valence electrons. The molecular formula is C21H25N7. The van der Waals surface area contributed by atoms with E-state index in [9.17, 15) is 0 Å². The standard InChI is InChI=1S/C14H16N4.C7H9N3/c1-18(2)7-3-4-10-5-6-11-9-17-14(16)13(15)12(11)8-10;8-6-3-1-5(2-4-6)7(9)10/h5-6,8-9H,7,15H2,1-2H3,(H2,16,17);1-4H,8H2,(H3,9,10). The number of nitrogen functional groups attached to an aromatic ring is 4. The second-order valence-corrected chi connectivity index (χ2v) is 6.43. The molecule has 0 atom stereocenters. The number of hydrogen-bond acceptors (Lipinski definition) is 6. The Morgan fingerprint density at radius 1 is 1.07 bits per heavy atom. The van der Waals surface area contributed by atoms with Crippen molar-refractivity contribution in [2.24, 2.45) is 5.73 Å². The van der Waals surface area contributed by atoms with E-state index in [1.807, 2.05) is 37.2 Å². The molecule has 0 unspecified atom stereocenters. The van der Waals surface area contributed by atoms with Crippen LogP contribution in [0.5, 0.6) is 0 Å². The van der Waals surface area contributed by atoms with Gasteiger partial charge in [-0.25, -0.2) is 4.98 Å². The lowest BCUT2D eigenvalue weighted by molar-refractivity contribution is 0.464. The van der Waals surface area contributed by atoms with E-state index >= 15 is 0 Å². The molecule has 0 fully saturated rings. The van der Waals surface area contributed by atoms with Gasteiger partial charge in [-0.3, -0.25) is 10.3 Å². The molecule has 3 aromatic rings. The number of anilines is 3. The number of nitrogens with two attached hydrogens (primary N) is 4. The van der Waals surface area contributed by atoms with Gasteiger partial charge in [0.15, 0.2) is 0 Å². The molecule has 0 aliphatic heterocycles. The molecule has 1 aromatic heterocycles. The maximum absolute atomic E-state index is 7.04. The number of rotatable bonds is 2. The van der Waals surface area contributed by atoms with Gasteiger partial charge in [0, 0.05) is 33.8 Å². The van der Waals surface area contributed by atoms with Crippen molar-refractivity contribution in [3.8, 4) is 11.8 Å². The van der Waals surface area contributed by atoms with Gasteiger partial charge in [-0.15, -0.1) is 0 Å². The summed E-state index contributed by atoms with van der Waals surface area (Å²) in [4.78, 5) is 6.05. The van der Waals surface area contributed by atoms with Crippen molar-refractivity contribution in [1.82, 2.24) is 9.88 Å². The zero-order valence-electron chi connectivity index (χ0n) is 16.0. The Hall–Kier alpha value is -3.76. The lowest BCUT2D eigenvalue weighted by atomic mass is 10.1. The minimum absolute atomic E-state index is 0.0694. The molecule has 7 heteroatoms. The minimum Gasteiger partial charge on any atom is -0.399 e. The van der Waals surface area contributed by atoms with Crippen molar-refractivity contribution in [3.05, 3.63) is 59.8 Å². The Kier molecular flexibility index (Phi) is 6.79. The summed E-state index contributed by atoms with van der Waals surface area (Å²) in [6, 6.07) is 12.7. The highest BCUT2D eigenvalue weighted by molar-refractivity contribution is 5.97. The number of amidine groups is 1. The van der Waals surface area contributed by atoms with Crippen molar-refractivity contribution >= 4 is 33.8 Å². The van der Waals surface area contributed by atoms with Crippen LogP contribution >= 0.6 is 0 Å². The number of nitrogens with one attached hydrogen (secondary N) is 1. The highest BCUT2D eigenvalue weighted by Crippen LogP contribution is 2.25. The monoisotopic (exact) mass is 375 g/mol. The third kappa shape index (κ3) is 5.62. The normalized spacial score (nSPS) is 9.96. The third-order valence-electron chi connectivity index (χ3n) is 3.81. The molecule has 1 heterocycles. The molecule has 0 saturated carbocycles. The fraction of sp³-hybridized carbons (Fsp3) is 0.143. The van der Waals surface area contributed by atoms with Crippen LogP contribution in [-0.4, -0.2) is 36.4 Å². The molecule has 3 rings (SSSR count). The average Bonchev–Trinajstić information content (AvgIpc) is 2.66. The summed E-state index contributed by atoms with van der Waals surface area (Å²) < 4.78 is 0. The van der Waals surface area contributed by atoms with Gasteiger partial charge < -0.3 is 22.9 Å². The molecule has 0 radical (unpaired) electrons. The first-order valence-corrected chi connectivity index (χ1v) is 8.55. The number of hydrogen-bond donors (Lipinski definition) is 5. The number of fused-ring (bicyclic) bond motifs is 1. The highest BCUT2D eigenvalue weighted by Gasteiger charge is 2.03. The summed E-state index contributed by atoms with van der Waals surface area (Å²) in [5.41, 5.74) is 25.1. The van der Waals surface area contributed by atoms with Crippen molar-refractivity contribution in [2.75, 3.05) is 37.8 Å². The summed E-state index contributed by atoms with van der Waals surface area (Å²) in [7, 11) is 3.97. The predicted molar refractivity (Wildman–Crippen MR) is 118 cm³/mol. The number of aromatic nitrogens is 1. The second kappa shape index (κ2) is 9.26. The lowest BCUT2D eigenvalue weighted by Gasteiger charge is -2.05. The largest absolute Gasteiger partial charge is 0.399 e. The smallest absolute Gasteiger partial charge is 0.147 e. The fourth-order valence-corrected chi connectivity index (χ4v) is 2.29. The maximum atomic E-state index is 7.04. The van der Waals surface area contributed by atoms with Crippen LogP contribution < -0.4 is 22.9 Å². The van der Waals surface area contributed by atoms with Crippen LogP contribution in [0.25, 0.3) is 10.8 Å². The Bertz CT molecular complexity index is 1030. The third-order valence-corrected chi connectivity index (χ3v) is 3.81. The Morgan fingerprint density at radius 2 is 1.75 bits per heavy atom. The first-order valence-electron chi connectivity index (χ1n) is 8.55. The van der Waals surface area contributed by atoms with Gasteiger partial charge in [-0.05, 0) is 50.5 Å². The molecule has 0 saturated heterocycles. The molecule has 0 aliphatic carbocycles. The Morgan fingerprint density at radius 3 is 2.36 bits per heavy atom. The lowest BCUT2D eigenvalue weighted by Crippen LogP contribution is -2.10. The zero-order chi connectivity index (χ0) is 20.7. The highest BCUT2D eigenvalue weighted by atomic mass is 15.0. The molecule has 28 heavy (non-hydrogen) atoms. The van der Waals surface area contributed by atoms with E-state index in [1.54, 1.807) is 30.5 Å². The first-order chi connectivity index (χ1) is 13.3. The van der Waals surface area contributed by atoms with Crippen molar-refractivity contribution < 1.29 is 0 Å². The predicted octanol–water partition coefficient (Wildman–Crippen LogP) is 1.87. The van der Waals surface area contributed by atoms with Crippen molar-refractivity contribution in [2.45, 2.75) is 0 Å². The summed E-state index contributed by atoms with van der Waals surface area (Å²) in [6.45, 7) is 0.728. The SMILES string of the molecule is CN(C)CC#Cc1ccc2cnc(N)c(N)c2c1.N=C(N)c1ccc(N)cc1. The van der Waals surface area contributed by atoms with Gasteiger partial charge in [0.05, 0.1) is 12.2 Å². The van der Waals surface area contributed by atoms with E-state index in [-0.39, 0.29) is 5.84 Å². The van der Waals surface area contributed by atoms with Crippen LogP contribution in [0.3, 0.4) is 0 Å². The van der Waals surface area contributed by atoms with Crippen LogP contribution in [-0.2, 0) is 0 Å². The quantitative estimate of drug-likeness (QED) is 0.200. The number of benzene rings is 2. The van der Waals surface area contributed by atoms with Gasteiger partial charge in [-0.2, -0.15) is 0 Å². The van der Waals surface area contributed by atoms with E-state index in [1.165, 1.54) is 0 Å². The van der Waals surface area contributed by atoms with Crippen LogP contribution in [0.2, 0.25) is 0 Å². The van der Waals surface area contributed by atoms with Crippen LogP contribution in [0, 0.1) is 17.3 Å². The topological polar surface area (TPSA) is 144 Å². The molecule has 0 bridgehead atoms. The first kappa shape index (κ1) is 20.6. The molecule has 0 spiro atoms. The Balaban J connectivity index is 0.000000237. The number of nitrogens with zero attached hydrogens (tertiary/aromatic N) is 2. The van der Waals surface area contributed by atoms with Gasteiger partial charge in [0.25, 0.3) is 0 Å². The number of pyridine rings is 1. The van der Waals surface area contributed by atoms with Gasteiger partial charge in [-0.1, -0.05) is 17.9 Å². The van der Waals surface area contributed by atoms with E-state index < -0.39 is 0 Å². The van der Waals surface area contributed by atoms with E-state index in [0.29, 0.717) is 22.8 Å². The van der Waals surface area contributed by atoms with Crippen LogP contribution in [0.1, 0.15) is 11.1 Å². The summed E-state index contributed by atoms with van der Waals surface area (Å²) >= 11 is 0.